The second kappa shape index (κ2) is 8.99. The van der Waals surface area contributed by atoms with Crippen molar-refractivity contribution >= 4 is 27.2 Å². The van der Waals surface area contributed by atoms with E-state index in [4.69, 9.17) is 5.73 Å². The maximum absolute atomic E-state index is 13.0. The summed E-state index contributed by atoms with van der Waals surface area (Å²) in [4.78, 5) is 0.107. The number of nitrogens with zero attached hydrogens (tertiary/aromatic N) is 4. The molecule has 1 fully saturated rings. The molecule has 0 saturated heterocycles. The summed E-state index contributed by atoms with van der Waals surface area (Å²) in [5.74, 6) is 0.341. The van der Waals surface area contributed by atoms with Crippen molar-refractivity contribution in [3.8, 4) is 5.69 Å². The van der Waals surface area contributed by atoms with Crippen LogP contribution in [0, 0.1) is 6.92 Å². The number of aryl methyl sites for hydroxylation is 1. The van der Waals surface area contributed by atoms with Crippen molar-refractivity contribution in [2.45, 2.75) is 50.0 Å². The number of hydrogen-bond donors (Lipinski definition) is 2. The Morgan fingerprint density at radius 2 is 1.68 bits per heavy atom. The van der Waals surface area contributed by atoms with Gasteiger partial charge in [-0.2, -0.15) is 5.10 Å². The van der Waals surface area contributed by atoms with Crippen LogP contribution in [0.25, 0.3) is 5.69 Å². The monoisotopic (exact) mass is 438 g/mol. The molecule has 0 bridgehead atoms. The second-order valence-electron chi connectivity index (χ2n) is 7.69. The summed E-state index contributed by atoms with van der Waals surface area (Å²) in [5.41, 5.74) is 8.35. The molecule has 162 valence electrons. The predicted octanol–water partition coefficient (Wildman–Crippen LogP) is 4.79. The minimum atomic E-state index is -3.71. The van der Waals surface area contributed by atoms with Gasteiger partial charge in [-0.25, -0.2) is 17.8 Å². The number of para-hydroxylation sites is 1. The predicted molar refractivity (Wildman–Crippen MR) is 121 cm³/mol. The Morgan fingerprint density at radius 1 is 1.00 bits per heavy atom. The van der Waals surface area contributed by atoms with Gasteiger partial charge in [0.25, 0.3) is 0 Å². The van der Waals surface area contributed by atoms with E-state index in [2.05, 4.69) is 20.0 Å². The largest absolute Gasteiger partial charge is 0.382 e. The summed E-state index contributed by atoms with van der Waals surface area (Å²) in [6, 6.07) is 16.0. The highest BCUT2D eigenvalue weighted by molar-refractivity contribution is 7.89. The van der Waals surface area contributed by atoms with Gasteiger partial charge in [0.1, 0.15) is 10.6 Å². The third kappa shape index (κ3) is 4.67. The van der Waals surface area contributed by atoms with Crippen molar-refractivity contribution in [3.05, 3.63) is 60.3 Å². The van der Waals surface area contributed by atoms with Gasteiger partial charge in [-0.1, -0.05) is 49.6 Å². The first-order valence-corrected chi connectivity index (χ1v) is 11.9. The first kappa shape index (κ1) is 21.2. The lowest BCUT2D eigenvalue weighted by atomic mass is 9.96. The SMILES string of the molecule is Cc1nn(-c2ccccc2)c(N)c1N=Nc1ccccc1S(=O)(=O)NC1CCCCC1. The molecular formula is C22H26N6O2S. The van der Waals surface area contributed by atoms with Crippen LogP contribution in [0.3, 0.4) is 0 Å². The maximum atomic E-state index is 13.0. The number of anilines is 1. The summed E-state index contributed by atoms with van der Waals surface area (Å²) >= 11 is 0. The number of aromatic nitrogens is 2. The summed E-state index contributed by atoms with van der Waals surface area (Å²) in [6.07, 6.45) is 4.95. The molecule has 9 heteroatoms. The molecule has 2 aromatic carbocycles. The Bertz CT molecular complexity index is 1180. The molecule has 0 amide bonds. The van der Waals surface area contributed by atoms with Crippen molar-refractivity contribution in [2.24, 2.45) is 10.2 Å². The van der Waals surface area contributed by atoms with E-state index in [0.29, 0.717) is 17.2 Å². The fraction of sp³-hybridized carbons (Fsp3) is 0.318. The van der Waals surface area contributed by atoms with Crippen molar-refractivity contribution < 1.29 is 8.42 Å². The molecule has 1 heterocycles. The van der Waals surface area contributed by atoms with E-state index in [9.17, 15) is 8.42 Å². The molecule has 3 aromatic rings. The van der Waals surface area contributed by atoms with E-state index in [1.165, 1.54) is 0 Å². The van der Waals surface area contributed by atoms with Crippen molar-refractivity contribution in [1.29, 1.82) is 0 Å². The summed E-state index contributed by atoms with van der Waals surface area (Å²) in [5, 5.41) is 13.0. The average Bonchev–Trinajstić information content (AvgIpc) is 3.07. The lowest BCUT2D eigenvalue weighted by Crippen LogP contribution is -2.36. The number of nitrogens with two attached hydrogens (primary N) is 1. The lowest BCUT2D eigenvalue weighted by molar-refractivity contribution is 0.412. The highest BCUT2D eigenvalue weighted by atomic mass is 32.2. The lowest BCUT2D eigenvalue weighted by Gasteiger charge is -2.22. The number of hydrogen-bond acceptors (Lipinski definition) is 6. The molecule has 8 nitrogen and oxygen atoms in total. The number of benzene rings is 2. The second-order valence-corrected chi connectivity index (χ2v) is 9.37. The molecular weight excluding hydrogens is 412 g/mol. The minimum Gasteiger partial charge on any atom is -0.382 e. The molecule has 1 aromatic heterocycles. The Kier molecular flexibility index (Phi) is 6.15. The molecule has 1 saturated carbocycles. The summed E-state index contributed by atoms with van der Waals surface area (Å²) < 4.78 is 30.4. The average molecular weight is 439 g/mol. The summed E-state index contributed by atoms with van der Waals surface area (Å²) in [6.45, 7) is 1.79. The van der Waals surface area contributed by atoms with Gasteiger partial charge in [0, 0.05) is 6.04 Å². The van der Waals surface area contributed by atoms with Gasteiger partial charge >= 0.3 is 0 Å². The Balaban J connectivity index is 1.63. The molecule has 0 atom stereocenters. The first-order chi connectivity index (χ1) is 15.0. The minimum absolute atomic E-state index is 0.0364. The Labute approximate surface area is 182 Å². The molecule has 0 aliphatic heterocycles. The van der Waals surface area contributed by atoms with E-state index in [1.807, 2.05) is 30.3 Å². The number of rotatable bonds is 6. The van der Waals surface area contributed by atoms with E-state index in [0.717, 1.165) is 37.8 Å². The van der Waals surface area contributed by atoms with Crippen molar-refractivity contribution in [2.75, 3.05) is 5.73 Å². The molecule has 0 spiro atoms. The van der Waals surface area contributed by atoms with Crippen LogP contribution in [0.15, 0.2) is 69.7 Å². The van der Waals surface area contributed by atoms with E-state index >= 15 is 0 Å². The van der Waals surface area contributed by atoms with Gasteiger partial charge in [-0.15, -0.1) is 10.2 Å². The van der Waals surface area contributed by atoms with Gasteiger partial charge in [-0.05, 0) is 44.0 Å². The quantitative estimate of drug-likeness (QED) is 0.538. The number of azo groups is 1. The molecule has 4 rings (SSSR count). The van der Waals surface area contributed by atoms with Crippen LogP contribution in [0.4, 0.5) is 17.2 Å². The van der Waals surface area contributed by atoms with Crippen LogP contribution in [-0.2, 0) is 10.0 Å². The molecule has 1 aliphatic carbocycles. The fourth-order valence-electron chi connectivity index (χ4n) is 3.80. The van der Waals surface area contributed by atoms with Gasteiger partial charge < -0.3 is 5.73 Å². The third-order valence-corrected chi connectivity index (χ3v) is 6.97. The molecule has 0 unspecified atom stereocenters. The van der Waals surface area contributed by atoms with Crippen LogP contribution in [0.2, 0.25) is 0 Å². The van der Waals surface area contributed by atoms with Gasteiger partial charge in [0.05, 0.1) is 11.4 Å². The smallest absolute Gasteiger partial charge is 0.243 e. The molecule has 3 N–H and O–H groups in total. The van der Waals surface area contributed by atoms with Crippen molar-refractivity contribution in [3.63, 3.8) is 0 Å². The fourth-order valence-corrected chi connectivity index (χ4v) is 5.24. The van der Waals surface area contributed by atoms with Crippen LogP contribution in [-0.4, -0.2) is 24.2 Å². The van der Waals surface area contributed by atoms with Crippen LogP contribution in [0.5, 0.6) is 0 Å². The van der Waals surface area contributed by atoms with Crippen LogP contribution >= 0.6 is 0 Å². The number of sulfonamides is 1. The number of nitrogen functional groups attached to an aromatic ring is 1. The zero-order chi connectivity index (χ0) is 21.8. The molecule has 31 heavy (non-hydrogen) atoms. The van der Waals surface area contributed by atoms with Gasteiger partial charge in [0.15, 0.2) is 11.5 Å². The van der Waals surface area contributed by atoms with Crippen LogP contribution in [0.1, 0.15) is 37.8 Å². The first-order valence-electron chi connectivity index (χ1n) is 10.4. The highest BCUT2D eigenvalue weighted by Gasteiger charge is 2.24. The highest BCUT2D eigenvalue weighted by Crippen LogP contribution is 2.32. The Morgan fingerprint density at radius 3 is 2.42 bits per heavy atom. The molecule has 0 radical (unpaired) electrons. The van der Waals surface area contributed by atoms with E-state index < -0.39 is 10.0 Å². The number of nitrogens with one attached hydrogen (secondary N) is 1. The maximum Gasteiger partial charge on any atom is 0.243 e. The zero-order valence-electron chi connectivity index (χ0n) is 17.4. The third-order valence-electron chi connectivity index (χ3n) is 5.40. The van der Waals surface area contributed by atoms with Crippen LogP contribution < -0.4 is 10.5 Å². The topological polar surface area (TPSA) is 115 Å². The standard InChI is InChI=1S/C22H26N6O2S/c1-16-21(22(23)28(26-16)18-12-6-3-7-13-18)25-24-19-14-8-9-15-20(19)31(29,30)27-17-10-4-2-5-11-17/h3,6-9,12-15,17,27H,2,4-5,10-11,23H2,1H3. The van der Waals surface area contributed by atoms with E-state index in [-0.39, 0.29) is 16.6 Å². The van der Waals surface area contributed by atoms with Crippen molar-refractivity contribution in [1.82, 2.24) is 14.5 Å². The Hall–Kier alpha value is -3.04. The van der Waals surface area contributed by atoms with Gasteiger partial charge in [-0.3, -0.25) is 0 Å². The van der Waals surface area contributed by atoms with E-state index in [1.54, 1.807) is 35.9 Å². The normalized spacial score (nSPS) is 15.5. The zero-order valence-corrected chi connectivity index (χ0v) is 18.2. The summed E-state index contributed by atoms with van der Waals surface area (Å²) in [7, 11) is -3.71. The molecule has 1 aliphatic rings. The van der Waals surface area contributed by atoms with Gasteiger partial charge in [0.2, 0.25) is 10.0 Å².